The minimum Gasteiger partial charge on any atom is -0.497 e. The van der Waals surface area contributed by atoms with Gasteiger partial charge >= 0.3 is 0 Å². The van der Waals surface area contributed by atoms with Crippen molar-refractivity contribution in [3.05, 3.63) is 48.3 Å². The second-order valence-corrected chi connectivity index (χ2v) is 11.3. The van der Waals surface area contributed by atoms with E-state index in [9.17, 15) is 12.8 Å². The van der Waals surface area contributed by atoms with Gasteiger partial charge in [0.25, 0.3) is 0 Å². The number of ether oxygens (including phenoxy) is 2. The molecule has 2 aromatic carbocycles. The number of sulfonamides is 1. The highest BCUT2D eigenvalue weighted by Gasteiger charge is 2.31. The van der Waals surface area contributed by atoms with Crippen molar-refractivity contribution in [3.63, 3.8) is 0 Å². The Labute approximate surface area is 208 Å². The van der Waals surface area contributed by atoms with Crippen LogP contribution < -0.4 is 19.1 Å². The normalized spacial score (nSPS) is 21.8. The van der Waals surface area contributed by atoms with Crippen LogP contribution in [0.1, 0.15) is 39.5 Å². The monoisotopic (exact) mass is 505 g/mol. The van der Waals surface area contributed by atoms with E-state index in [-0.39, 0.29) is 22.9 Å². The lowest BCUT2D eigenvalue weighted by Gasteiger charge is -2.43. The molecule has 1 aliphatic heterocycles. The number of hydrogen-bond acceptors (Lipinski definition) is 6. The molecule has 0 atom stereocenters. The molecule has 1 heterocycles. The fourth-order valence-corrected chi connectivity index (χ4v) is 6.38. The smallest absolute Gasteiger partial charge is 0.240 e. The number of methoxy groups -OCH3 is 1. The molecule has 0 amide bonds. The van der Waals surface area contributed by atoms with Gasteiger partial charge in [-0.15, -0.1) is 0 Å². The van der Waals surface area contributed by atoms with E-state index in [4.69, 9.17) is 9.47 Å². The lowest BCUT2D eigenvalue weighted by molar-refractivity contribution is 0.139. The van der Waals surface area contributed by atoms with Crippen molar-refractivity contribution in [1.29, 1.82) is 0 Å². The summed E-state index contributed by atoms with van der Waals surface area (Å²) < 4.78 is 53.3. The van der Waals surface area contributed by atoms with Crippen molar-refractivity contribution in [2.45, 2.75) is 62.6 Å². The van der Waals surface area contributed by atoms with Crippen molar-refractivity contribution in [2.75, 3.05) is 38.2 Å². The lowest BCUT2D eigenvalue weighted by Crippen LogP contribution is -2.52. The summed E-state index contributed by atoms with van der Waals surface area (Å²) in [4.78, 5) is 5.01. The molecule has 2 aromatic rings. The first-order valence-electron chi connectivity index (χ1n) is 12.4. The van der Waals surface area contributed by atoms with Crippen LogP contribution in [-0.2, 0) is 10.0 Å². The summed E-state index contributed by atoms with van der Waals surface area (Å²) in [7, 11) is -2.05. The molecule has 9 heteroatoms. The highest BCUT2D eigenvalue weighted by molar-refractivity contribution is 7.89. The number of anilines is 1. The van der Waals surface area contributed by atoms with E-state index in [1.807, 2.05) is 19.9 Å². The summed E-state index contributed by atoms with van der Waals surface area (Å²) >= 11 is 0. The Morgan fingerprint density at radius 1 is 1.00 bits per heavy atom. The summed E-state index contributed by atoms with van der Waals surface area (Å²) in [6, 6.07) is 11.7. The predicted octanol–water partition coefficient (Wildman–Crippen LogP) is 4.03. The SMILES string of the molecule is COc1cccc(S(=O)(=O)NC2CCC(N3CCN(c4ccc(F)cc4OC(C)C)CC3)CC2)c1. The molecule has 7 nitrogen and oxygen atoms in total. The quantitative estimate of drug-likeness (QED) is 0.584. The Morgan fingerprint density at radius 2 is 1.71 bits per heavy atom. The van der Waals surface area contributed by atoms with Gasteiger partial charge in [0.15, 0.2) is 0 Å². The highest BCUT2D eigenvalue weighted by Crippen LogP contribution is 2.32. The summed E-state index contributed by atoms with van der Waals surface area (Å²) in [5, 5.41) is 0. The van der Waals surface area contributed by atoms with Gasteiger partial charge < -0.3 is 14.4 Å². The molecular weight excluding hydrogens is 469 g/mol. The minimum atomic E-state index is -3.58. The number of rotatable bonds is 8. The van der Waals surface area contributed by atoms with Gasteiger partial charge in [0.05, 0.1) is 23.8 Å². The second-order valence-electron chi connectivity index (χ2n) is 9.61. The van der Waals surface area contributed by atoms with Crippen LogP contribution in [0.15, 0.2) is 47.4 Å². The molecule has 2 aliphatic rings. The first-order valence-corrected chi connectivity index (χ1v) is 13.8. The summed E-state index contributed by atoms with van der Waals surface area (Å²) in [5.41, 5.74) is 0.940. The number of nitrogens with one attached hydrogen (secondary N) is 1. The first kappa shape index (κ1) is 25.7. The molecule has 0 radical (unpaired) electrons. The van der Waals surface area contributed by atoms with Crippen LogP contribution in [0.2, 0.25) is 0 Å². The van der Waals surface area contributed by atoms with Crippen LogP contribution in [0.4, 0.5) is 10.1 Å². The summed E-state index contributed by atoms with van der Waals surface area (Å²) in [6.45, 7) is 7.43. The van der Waals surface area contributed by atoms with Crippen molar-refractivity contribution in [1.82, 2.24) is 9.62 Å². The number of piperazine rings is 1. The maximum Gasteiger partial charge on any atom is 0.240 e. The van der Waals surface area contributed by atoms with E-state index >= 15 is 0 Å². The zero-order chi connectivity index (χ0) is 25.0. The van der Waals surface area contributed by atoms with Crippen LogP contribution in [0.3, 0.4) is 0 Å². The number of hydrogen-bond donors (Lipinski definition) is 1. The number of halogens is 1. The Hall–Kier alpha value is -2.36. The molecule has 1 saturated heterocycles. The van der Waals surface area contributed by atoms with Gasteiger partial charge in [-0.2, -0.15) is 0 Å². The standard InChI is InChI=1S/C26H36FN3O4S/c1-19(2)34-26-17-20(27)7-12-25(26)30-15-13-29(14-16-30)22-10-8-21(9-11-22)28-35(31,32)24-6-4-5-23(18-24)33-3/h4-7,12,17-19,21-22,28H,8-11,13-16H2,1-3H3. The van der Waals surface area contributed by atoms with Crippen LogP contribution >= 0.6 is 0 Å². The average Bonchev–Trinajstić information content (AvgIpc) is 2.84. The van der Waals surface area contributed by atoms with Crippen LogP contribution in [0.25, 0.3) is 0 Å². The molecule has 0 bridgehead atoms. The Kier molecular flexibility index (Phi) is 8.19. The van der Waals surface area contributed by atoms with E-state index in [0.29, 0.717) is 17.5 Å². The van der Waals surface area contributed by atoms with Crippen LogP contribution in [0.5, 0.6) is 11.5 Å². The van der Waals surface area contributed by atoms with Crippen molar-refractivity contribution < 1.29 is 22.3 Å². The molecule has 1 aliphatic carbocycles. The predicted molar refractivity (Wildman–Crippen MR) is 135 cm³/mol. The molecule has 192 valence electrons. The Bertz CT molecular complexity index is 1100. The van der Waals surface area contributed by atoms with Gasteiger partial charge in [-0.3, -0.25) is 4.90 Å². The van der Waals surface area contributed by atoms with E-state index in [0.717, 1.165) is 57.5 Å². The summed E-state index contributed by atoms with van der Waals surface area (Å²) in [5.74, 6) is 0.832. The topological polar surface area (TPSA) is 71.1 Å². The average molecular weight is 506 g/mol. The maximum absolute atomic E-state index is 13.8. The second kappa shape index (κ2) is 11.1. The first-order chi connectivity index (χ1) is 16.7. The third kappa shape index (κ3) is 6.45. The lowest BCUT2D eigenvalue weighted by atomic mass is 9.90. The van der Waals surface area contributed by atoms with Gasteiger partial charge in [0.2, 0.25) is 10.0 Å². The zero-order valence-electron chi connectivity index (χ0n) is 20.7. The van der Waals surface area contributed by atoms with E-state index in [1.54, 1.807) is 24.3 Å². The molecule has 1 N–H and O–H groups in total. The fourth-order valence-electron chi connectivity index (χ4n) is 5.04. The van der Waals surface area contributed by atoms with Crippen LogP contribution in [-0.4, -0.2) is 64.8 Å². The molecule has 0 unspecified atom stereocenters. The maximum atomic E-state index is 13.8. The van der Waals surface area contributed by atoms with Crippen molar-refractivity contribution in [2.24, 2.45) is 0 Å². The van der Waals surface area contributed by atoms with Crippen molar-refractivity contribution in [3.8, 4) is 11.5 Å². The van der Waals surface area contributed by atoms with Crippen molar-refractivity contribution >= 4 is 15.7 Å². The van der Waals surface area contributed by atoms with Gasteiger partial charge in [0, 0.05) is 50.4 Å². The number of nitrogens with zero attached hydrogens (tertiary/aromatic N) is 2. The third-order valence-corrected chi connectivity index (χ3v) is 8.34. The number of benzene rings is 2. The minimum absolute atomic E-state index is 0.0200. The van der Waals surface area contributed by atoms with E-state index in [1.165, 1.54) is 19.2 Å². The zero-order valence-corrected chi connectivity index (χ0v) is 21.6. The molecule has 0 aromatic heterocycles. The van der Waals surface area contributed by atoms with E-state index < -0.39 is 10.0 Å². The Balaban J connectivity index is 1.29. The third-order valence-electron chi connectivity index (χ3n) is 6.83. The van der Waals surface area contributed by atoms with Crippen LogP contribution in [0, 0.1) is 5.82 Å². The van der Waals surface area contributed by atoms with Gasteiger partial charge in [-0.1, -0.05) is 6.07 Å². The molecule has 2 fully saturated rings. The van der Waals surface area contributed by atoms with Gasteiger partial charge in [-0.25, -0.2) is 17.5 Å². The molecular formula is C26H36FN3O4S. The molecule has 4 rings (SSSR count). The Morgan fingerprint density at radius 3 is 2.37 bits per heavy atom. The molecule has 35 heavy (non-hydrogen) atoms. The summed E-state index contributed by atoms with van der Waals surface area (Å²) in [6.07, 6.45) is 3.54. The molecule has 1 saturated carbocycles. The molecule has 0 spiro atoms. The van der Waals surface area contributed by atoms with Gasteiger partial charge in [0.1, 0.15) is 17.3 Å². The largest absolute Gasteiger partial charge is 0.497 e. The highest BCUT2D eigenvalue weighted by atomic mass is 32.2. The van der Waals surface area contributed by atoms with Gasteiger partial charge in [-0.05, 0) is 63.8 Å². The fraction of sp³-hybridized carbons (Fsp3) is 0.538. The van der Waals surface area contributed by atoms with E-state index in [2.05, 4.69) is 14.5 Å².